The van der Waals surface area contributed by atoms with Gasteiger partial charge in [0, 0.05) is 64.5 Å². The maximum absolute atomic E-state index is 15.0. The monoisotopic (exact) mass is 1820 g/mol. The van der Waals surface area contributed by atoms with Gasteiger partial charge in [-0.3, -0.25) is 37.6 Å². The quantitative estimate of drug-likeness (QED) is 0.00653. The average Bonchev–Trinajstić information content (AvgIpc) is 0.709. The van der Waals surface area contributed by atoms with Gasteiger partial charge in [0.25, 0.3) is 41.5 Å². The van der Waals surface area contributed by atoms with E-state index in [0.29, 0.717) is 78.5 Å². The Morgan fingerprint density at radius 1 is 0.512 bits per heavy atom. The number of fused-ring (bicyclic) bond motifs is 4. The smallest absolute Gasteiger partial charge is 0.296 e. The van der Waals surface area contributed by atoms with E-state index in [1.807, 2.05) is 0 Å². The summed E-state index contributed by atoms with van der Waals surface area (Å²) in [6, 6.07) is 27.2. The van der Waals surface area contributed by atoms with Gasteiger partial charge < -0.3 is 57.6 Å². The SMILES string of the molecule is Cn1c(=O)c(C(=O)c2cccc(SOOO)c2)c2c3c(c(Nc4cc(Nc5nc(N)nc(NC6CCC(CC7CCC(Nc8nc(N)nc(Nc9cc(Nc%10ccc%11c%12c%10C(=O)C%10C=CC=CC%10c%12c(C(O)c%10cccc(S(=O)(=O)O)c%10)c(=O)n%11C)c(S(=O)(=O)O)cc9SOOO)n8)CC7)CC6)n5)c(S(=O)(=O)O)cc4SOOO)ccc31)C(=O)c1ccccc1-2. The zero-order valence-corrected chi connectivity index (χ0v) is 69.9. The van der Waals surface area contributed by atoms with Crippen LogP contribution in [0, 0.1) is 17.8 Å². The first-order valence-corrected chi connectivity index (χ1v) is 44.6. The summed E-state index contributed by atoms with van der Waals surface area (Å²) in [5.41, 5.74) is 11.2. The van der Waals surface area contributed by atoms with E-state index in [2.05, 4.69) is 81.3 Å². The fourth-order valence-electron chi connectivity index (χ4n) is 17.0. The summed E-state index contributed by atoms with van der Waals surface area (Å²) >= 11 is 1.22. The minimum atomic E-state index is -5.19. The molecule has 0 spiro atoms. The summed E-state index contributed by atoms with van der Waals surface area (Å²) in [6.45, 7) is 0. The van der Waals surface area contributed by atoms with Crippen molar-refractivity contribution >= 4 is 175 Å². The lowest BCUT2D eigenvalue weighted by atomic mass is 9.70. The molecule has 0 aliphatic heterocycles. The molecule has 3 atom stereocenters. The Morgan fingerprint density at radius 2 is 1.02 bits per heavy atom. The molecule has 11 aromatic rings. The third-order valence-corrected chi connectivity index (χ3v) is 27.0. The number of carbonyl (C=O) groups is 3. The molecule has 0 bridgehead atoms. The van der Waals surface area contributed by atoms with Crippen LogP contribution in [0.25, 0.3) is 32.9 Å². The van der Waals surface area contributed by atoms with E-state index >= 15 is 0 Å². The normalized spacial score (nSPS) is 18.2. The summed E-state index contributed by atoms with van der Waals surface area (Å²) in [7, 11) is -12.2. The Labute approximate surface area is 720 Å². The summed E-state index contributed by atoms with van der Waals surface area (Å²) in [6.07, 6.45) is 11.9. The molecule has 5 aliphatic carbocycles. The highest BCUT2D eigenvalue weighted by atomic mass is 32.2. The number of nitrogen functional groups attached to an aromatic ring is 2. The average molecular weight is 1820 g/mol. The van der Waals surface area contributed by atoms with Gasteiger partial charge in [-0.2, -0.15) is 55.2 Å². The van der Waals surface area contributed by atoms with Crippen LogP contribution in [-0.2, 0) is 72.6 Å². The Bertz CT molecular complexity index is 6830. The third kappa shape index (κ3) is 17.6. The summed E-state index contributed by atoms with van der Waals surface area (Å²) < 4.78 is 126. The molecule has 0 saturated heterocycles. The van der Waals surface area contributed by atoms with Gasteiger partial charge in [-0.25, -0.2) is 15.8 Å². The van der Waals surface area contributed by atoms with Crippen molar-refractivity contribution in [3.8, 4) is 11.1 Å². The molecule has 7 aromatic carbocycles. The van der Waals surface area contributed by atoms with Crippen LogP contribution in [0.2, 0.25) is 0 Å². The first-order chi connectivity index (χ1) is 59.8. The molecule has 40 nitrogen and oxygen atoms in total. The van der Waals surface area contributed by atoms with Crippen molar-refractivity contribution in [2.75, 3.05) is 43.4 Å². The maximum atomic E-state index is 15.0. The number of aliphatic hydroxyl groups is 1. The van der Waals surface area contributed by atoms with Crippen molar-refractivity contribution in [1.29, 1.82) is 0 Å². The van der Waals surface area contributed by atoms with Crippen molar-refractivity contribution in [3.05, 3.63) is 211 Å². The number of anilines is 12. The number of nitrogens with one attached hydrogen (secondary N) is 6. The number of aromatic nitrogens is 8. The van der Waals surface area contributed by atoms with Gasteiger partial charge in [0.1, 0.15) is 15.9 Å². The molecule has 3 unspecified atom stereocenters. The topological polar surface area (TPSA) is 596 Å². The number of ketones is 3. The van der Waals surface area contributed by atoms with Crippen molar-refractivity contribution in [2.45, 2.75) is 111 Å². The summed E-state index contributed by atoms with van der Waals surface area (Å²) in [5, 5.41) is 70.1. The molecule has 5 aliphatic rings. The van der Waals surface area contributed by atoms with Crippen LogP contribution in [0.3, 0.4) is 0 Å². The lowest BCUT2D eigenvalue weighted by molar-refractivity contribution is -0.432. The van der Waals surface area contributed by atoms with Crippen LogP contribution < -0.4 is 54.5 Å². The first kappa shape index (κ1) is 86.8. The number of rotatable bonds is 30. The highest BCUT2D eigenvalue weighted by molar-refractivity contribution is 7.95. The predicted molar refractivity (Wildman–Crippen MR) is 456 cm³/mol. The molecule has 2 fully saturated rings. The van der Waals surface area contributed by atoms with Gasteiger partial charge in [-0.05, 0) is 159 Å². The van der Waals surface area contributed by atoms with Crippen molar-refractivity contribution < 1.29 is 102 Å². The molecular weight excluding hydrogens is 1750 g/mol. The number of benzene rings is 7. The molecule has 16 rings (SSSR count). The van der Waals surface area contributed by atoms with Gasteiger partial charge in [0.15, 0.2) is 17.3 Å². The zero-order valence-electron chi connectivity index (χ0n) is 65.0. The highest BCUT2D eigenvalue weighted by Gasteiger charge is 2.43. The lowest BCUT2D eigenvalue weighted by Crippen LogP contribution is -2.34. The van der Waals surface area contributed by atoms with Crippen molar-refractivity contribution in [2.24, 2.45) is 31.8 Å². The Kier molecular flexibility index (Phi) is 24.5. The summed E-state index contributed by atoms with van der Waals surface area (Å²) in [5.74, 6) is -3.68. The Balaban J connectivity index is 0.592. The molecule has 17 N–H and O–H groups in total. The van der Waals surface area contributed by atoms with Crippen molar-refractivity contribution in [1.82, 2.24) is 39.0 Å². The number of Topliss-reactive ketones (excluding diaryl/α,β-unsaturated/α-hetero) is 1. The highest BCUT2D eigenvalue weighted by Crippen LogP contribution is 2.51. The van der Waals surface area contributed by atoms with E-state index in [4.69, 9.17) is 25.4 Å². The fraction of sp³-hybridized carbons (Fsp3) is 0.228. The number of aliphatic hydroxyl groups excluding tert-OH is 1. The standard InChI is InChI=1S/C79H72N16O24S6/c1-94-54-27-25-48(62-64(54)60(44-13-3-5-15-46(44)70(62)98)66(72(94)100)68(96)38-9-7-11-42(30-38)120-117-114-102)84-50-32-53(59(125(111,112)113)34-56(50)121-118-115-103)87-79-91-75(81)89-77(93-79)83-41-23-19-37(20-24-41)29-36-17-21-40(22-18-36)82-76-88-74(80)90-78(92-76)86-51-33-52(58(124(108,109)110)35-57(51)122-119-116-104)85-49-26-28-55-65-61(45-14-4-6-16-47(45)71(99)63(49)65)67(73(101)95(55)2)69(97)39-10-8-12-43(31-39)123(105,106)107/h3-16,25-28,30-37,40-41,45,47,69,84-85,97,102-104H,17-24,29H2,1-2H3,(H,105,106,107)(H,108,109,110)(H,111,112,113)(H4,80,82,86,88,90,92)(H4,81,83,87,89,91,93). The second-order valence-corrected chi connectivity index (χ2v) is 36.4. The van der Waals surface area contributed by atoms with E-state index < -0.39 is 91.4 Å². The van der Waals surface area contributed by atoms with E-state index in [9.17, 15) is 78.5 Å². The fourth-order valence-corrected chi connectivity index (χ4v) is 20.4. The van der Waals surface area contributed by atoms with Crippen LogP contribution in [0.4, 0.5) is 69.8 Å². The molecule has 0 radical (unpaired) electrons. The molecule has 648 valence electrons. The number of hydrogen-bond donors (Lipinski definition) is 15. The minimum Gasteiger partial charge on any atom is -0.383 e. The van der Waals surface area contributed by atoms with Gasteiger partial charge in [-0.1, -0.05) is 87.9 Å². The molecular formula is C79H72N16O24S6. The van der Waals surface area contributed by atoms with Gasteiger partial charge in [-0.15, -0.1) is 13.0 Å². The number of carbonyl (C=O) groups excluding carboxylic acids is 3. The van der Waals surface area contributed by atoms with Gasteiger partial charge >= 0.3 is 0 Å². The van der Waals surface area contributed by atoms with Crippen LogP contribution in [-0.4, -0.2) is 128 Å². The molecule has 0 amide bonds. The Morgan fingerprint density at radius 3 is 1.59 bits per heavy atom. The Hall–Kier alpha value is -11.8. The minimum absolute atomic E-state index is 0.0108. The zero-order chi connectivity index (χ0) is 88.2. The van der Waals surface area contributed by atoms with E-state index in [0.717, 1.165) is 56.4 Å². The lowest BCUT2D eigenvalue weighted by Gasteiger charge is -2.34. The van der Waals surface area contributed by atoms with E-state index in [1.165, 1.54) is 90.0 Å². The molecule has 125 heavy (non-hydrogen) atoms. The number of pyridine rings is 2. The number of nitrogens with zero attached hydrogens (tertiary/aromatic N) is 8. The molecule has 2 saturated carbocycles. The molecule has 4 heterocycles. The predicted octanol–water partition coefficient (Wildman–Crippen LogP) is 12.5. The number of aryl methyl sites for hydroxylation is 2. The molecule has 46 heteroatoms. The molecule has 4 aromatic heterocycles. The first-order valence-electron chi connectivity index (χ1n) is 38.1. The van der Waals surface area contributed by atoms with Crippen LogP contribution in [0.5, 0.6) is 0 Å². The largest absolute Gasteiger partial charge is 0.383 e. The van der Waals surface area contributed by atoms with Gasteiger partial charge in [0.05, 0.1) is 124 Å². The third-order valence-electron chi connectivity index (χ3n) is 22.5. The number of allylic oxidation sites excluding steroid dienone is 4. The number of nitrogens with two attached hydrogens (primary N) is 2. The second kappa shape index (κ2) is 35.3. The number of hydrogen-bond acceptors (Lipinski definition) is 38. The van der Waals surface area contributed by atoms with Crippen molar-refractivity contribution in [3.63, 3.8) is 0 Å². The van der Waals surface area contributed by atoms with Crippen LogP contribution >= 0.6 is 36.1 Å². The van der Waals surface area contributed by atoms with E-state index in [1.54, 1.807) is 54.6 Å². The van der Waals surface area contributed by atoms with Crippen LogP contribution in [0.1, 0.15) is 129 Å². The van der Waals surface area contributed by atoms with Crippen LogP contribution in [0.15, 0.2) is 185 Å². The summed E-state index contributed by atoms with van der Waals surface area (Å²) in [4.78, 5) is 98.0. The van der Waals surface area contributed by atoms with Gasteiger partial charge in [0.2, 0.25) is 35.7 Å². The maximum Gasteiger partial charge on any atom is 0.296 e. The second-order valence-electron chi connectivity index (χ2n) is 29.9. The van der Waals surface area contributed by atoms with E-state index in [-0.39, 0.29) is 169 Å².